The fraction of sp³-hybridized carbons (Fsp3) is 0.421. The van der Waals surface area contributed by atoms with Crippen LogP contribution in [-0.4, -0.2) is 80.2 Å². The average Bonchev–Trinajstić information content (AvgIpc) is 3.49. The van der Waals surface area contributed by atoms with Crippen molar-refractivity contribution >= 4 is 39.7 Å². The van der Waals surface area contributed by atoms with Gasteiger partial charge in [-0.25, -0.2) is 18.6 Å². The molecule has 13 nitrogen and oxygen atoms in total. The highest BCUT2D eigenvalue weighted by atomic mass is 32.2. The molecule has 2 aliphatic heterocycles. The molecule has 3 amide bonds. The summed E-state index contributed by atoms with van der Waals surface area (Å²) in [6, 6.07) is 1.70. The minimum Gasteiger partial charge on any atom is -0.504 e. The van der Waals surface area contributed by atoms with E-state index in [-0.39, 0.29) is 24.8 Å². The Labute approximate surface area is 187 Å². The van der Waals surface area contributed by atoms with Crippen LogP contribution in [-0.2, 0) is 24.2 Å². The first-order chi connectivity index (χ1) is 15.3. The molecule has 33 heavy (non-hydrogen) atoms. The summed E-state index contributed by atoms with van der Waals surface area (Å²) in [5.41, 5.74) is 0.818. The summed E-state index contributed by atoms with van der Waals surface area (Å²) in [7, 11) is -4.13. The normalized spacial score (nSPS) is 28.6. The number of aromatic hydroxyl groups is 2. The van der Waals surface area contributed by atoms with Crippen molar-refractivity contribution in [1.29, 1.82) is 0 Å². The zero-order valence-electron chi connectivity index (χ0n) is 17.2. The number of hydrogen-bond donors (Lipinski definition) is 5. The third kappa shape index (κ3) is 3.28. The molecule has 176 valence electrons. The quantitative estimate of drug-likeness (QED) is 0.141. The molecule has 3 aliphatic rings. The number of β-lactam (4-membered cyclic amide) rings is 1. The van der Waals surface area contributed by atoms with E-state index in [1.807, 2.05) is 0 Å². The van der Waals surface area contributed by atoms with E-state index in [2.05, 4.69) is 15.8 Å². The summed E-state index contributed by atoms with van der Waals surface area (Å²) >= 11 is 0. The molecular formula is C19H20N4O9S. The number of amides is 3. The van der Waals surface area contributed by atoms with Crippen LogP contribution in [0.3, 0.4) is 0 Å². The molecule has 2 heterocycles. The smallest absolute Gasteiger partial charge is 0.328 e. The van der Waals surface area contributed by atoms with Gasteiger partial charge in [0.2, 0.25) is 5.91 Å². The Balaban J connectivity index is 1.48. The van der Waals surface area contributed by atoms with E-state index in [9.17, 15) is 42.9 Å². The molecule has 0 unspecified atom stereocenters. The van der Waals surface area contributed by atoms with Crippen LogP contribution in [0.4, 0.5) is 0 Å². The number of hydrogen-bond acceptors (Lipinski definition) is 9. The number of carbonyl (C=O) groups excluding carboxylic acids is 3. The Hall–Kier alpha value is -3.68. The van der Waals surface area contributed by atoms with E-state index < -0.39 is 66.7 Å². The molecule has 0 radical (unpaired) electrons. The van der Waals surface area contributed by atoms with Gasteiger partial charge in [-0.1, -0.05) is 0 Å². The van der Waals surface area contributed by atoms with Gasteiger partial charge < -0.3 is 25.5 Å². The number of sulfone groups is 1. The molecule has 4 rings (SSSR count). The summed E-state index contributed by atoms with van der Waals surface area (Å²) in [6.07, 6.45) is 1.01. The molecule has 0 bridgehead atoms. The van der Waals surface area contributed by atoms with Crippen LogP contribution in [0.5, 0.6) is 11.5 Å². The van der Waals surface area contributed by atoms with Gasteiger partial charge in [0.05, 0.1) is 6.42 Å². The molecule has 1 aromatic rings. The zero-order chi connectivity index (χ0) is 24.3. The topological polar surface area (TPSA) is 203 Å². The van der Waals surface area contributed by atoms with Crippen molar-refractivity contribution in [2.75, 3.05) is 0 Å². The largest absolute Gasteiger partial charge is 0.504 e. The van der Waals surface area contributed by atoms with Gasteiger partial charge in [0.25, 0.3) is 11.8 Å². The summed E-state index contributed by atoms with van der Waals surface area (Å²) in [5.74, 6) is -4.49. The summed E-state index contributed by atoms with van der Waals surface area (Å²) in [6.45, 7) is 1.12. The van der Waals surface area contributed by atoms with E-state index in [0.717, 1.165) is 30.2 Å². The van der Waals surface area contributed by atoms with Gasteiger partial charge in [0, 0.05) is 11.8 Å². The van der Waals surface area contributed by atoms with Crippen LogP contribution < -0.4 is 10.7 Å². The lowest BCUT2D eigenvalue weighted by molar-refractivity contribution is -0.156. The number of rotatable bonds is 6. The average molecular weight is 480 g/mol. The second kappa shape index (κ2) is 7.16. The Morgan fingerprint density at radius 1 is 1.21 bits per heavy atom. The van der Waals surface area contributed by atoms with Crippen molar-refractivity contribution < 1.29 is 42.9 Å². The van der Waals surface area contributed by atoms with Crippen LogP contribution >= 0.6 is 0 Å². The third-order valence-electron chi connectivity index (χ3n) is 6.24. The molecular weight excluding hydrogens is 460 g/mol. The Bertz CT molecular complexity index is 1220. The number of carbonyl (C=O) groups is 4. The molecule has 1 aliphatic carbocycles. The van der Waals surface area contributed by atoms with Gasteiger partial charge in [0.15, 0.2) is 27.4 Å². The monoisotopic (exact) mass is 480 g/mol. The lowest BCUT2D eigenvalue weighted by Gasteiger charge is -2.35. The van der Waals surface area contributed by atoms with E-state index in [0.29, 0.717) is 0 Å². The standard InChI is InChI=1S/C19H20N4O9S/c1-18(14(16(28)29)23-12(26)7-13(23)33(18,31)32)8-20-22-17(30)19(4-5-19)21-15(27)9-2-3-10(24)11(25)6-9/h2-3,6,8,13-14,24-25H,4-5,7H2,1H3,(H,21,27)(H,22,30)(H,28,29)/b20-8+/t13-,14+,18+/m1/s1. The van der Waals surface area contributed by atoms with Crippen molar-refractivity contribution in [3.63, 3.8) is 0 Å². The minimum absolute atomic E-state index is 0.00377. The first kappa shape index (κ1) is 22.5. The number of carboxylic acids is 1. The number of phenols is 2. The highest BCUT2D eigenvalue weighted by molar-refractivity contribution is 7.94. The van der Waals surface area contributed by atoms with Crippen molar-refractivity contribution in [2.45, 2.75) is 47.9 Å². The molecule has 3 atom stereocenters. The number of nitrogens with zero attached hydrogens (tertiary/aromatic N) is 2. The molecule has 0 aromatic heterocycles. The van der Waals surface area contributed by atoms with Gasteiger partial charge in [0.1, 0.15) is 15.7 Å². The second-order valence-corrected chi connectivity index (χ2v) is 10.9. The van der Waals surface area contributed by atoms with Gasteiger partial charge in [-0.3, -0.25) is 14.4 Å². The van der Waals surface area contributed by atoms with Gasteiger partial charge in [-0.05, 0) is 38.0 Å². The van der Waals surface area contributed by atoms with Crippen molar-refractivity contribution in [3.8, 4) is 11.5 Å². The van der Waals surface area contributed by atoms with Gasteiger partial charge in [-0.2, -0.15) is 5.10 Å². The highest BCUT2D eigenvalue weighted by Crippen LogP contribution is 2.45. The number of phenolic OH excluding ortho intramolecular Hbond substituents is 2. The number of aliphatic carboxylic acids is 1. The summed E-state index contributed by atoms with van der Waals surface area (Å²) < 4.78 is 23.6. The fourth-order valence-electron chi connectivity index (χ4n) is 4.02. The lowest BCUT2D eigenvalue weighted by atomic mass is 9.97. The molecule has 0 spiro atoms. The predicted molar refractivity (Wildman–Crippen MR) is 110 cm³/mol. The van der Waals surface area contributed by atoms with E-state index in [4.69, 9.17) is 0 Å². The lowest BCUT2D eigenvalue weighted by Crippen LogP contribution is -2.57. The summed E-state index contributed by atoms with van der Waals surface area (Å²) in [5, 5.41) is 33.3. The second-order valence-electron chi connectivity index (χ2n) is 8.37. The molecule has 1 saturated carbocycles. The van der Waals surface area contributed by atoms with Crippen LogP contribution in [0.2, 0.25) is 0 Å². The number of benzene rings is 1. The molecule has 2 saturated heterocycles. The van der Waals surface area contributed by atoms with Crippen LogP contribution in [0.25, 0.3) is 0 Å². The minimum atomic E-state index is -4.13. The van der Waals surface area contributed by atoms with E-state index >= 15 is 0 Å². The van der Waals surface area contributed by atoms with Gasteiger partial charge in [-0.15, -0.1) is 0 Å². The number of nitrogens with one attached hydrogen (secondary N) is 2. The number of hydrazone groups is 1. The van der Waals surface area contributed by atoms with Crippen molar-refractivity contribution in [1.82, 2.24) is 15.6 Å². The van der Waals surface area contributed by atoms with Gasteiger partial charge >= 0.3 is 5.97 Å². The first-order valence-corrected chi connectivity index (χ1v) is 11.4. The zero-order valence-corrected chi connectivity index (χ0v) is 18.0. The van der Waals surface area contributed by atoms with Crippen LogP contribution in [0, 0.1) is 0 Å². The van der Waals surface area contributed by atoms with E-state index in [1.165, 1.54) is 6.07 Å². The highest BCUT2D eigenvalue weighted by Gasteiger charge is 2.69. The maximum absolute atomic E-state index is 12.8. The van der Waals surface area contributed by atoms with Crippen LogP contribution in [0.1, 0.15) is 36.5 Å². The van der Waals surface area contributed by atoms with Crippen LogP contribution in [0.15, 0.2) is 23.3 Å². The molecule has 5 N–H and O–H groups in total. The molecule has 1 aromatic carbocycles. The third-order valence-corrected chi connectivity index (χ3v) is 8.90. The van der Waals surface area contributed by atoms with Crippen molar-refractivity contribution in [2.24, 2.45) is 5.10 Å². The maximum atomic E-state index is 12.8. The maximum Gasteiger partial charge on any atom is 0.328 e. The number of fused-ring (bicyclic) bond motifs is 1. The number of carboxylic acid groups (broad SMARTS) is 1. The van der Waals surface area contributed by atoms with E-state index in [1.54, 1.807) is 0 Å². The van der Waals surface area contributed by atoms with Crippen molar-refractivity contribution in [3.05, 3.63) is 23.8 Å². The first-order valence-electron chi connectivity index (χ1n) is 9.81. The molecule has 3 fully saturated rings. The summed E-state index contributed by atoms with van der Waals surface area (Å²) in [4.78, 5) is 49.3. The molecule has 14 heteroatoms. The Kier molecular flexibility index (Phi) is 4.89. The fourth-order valence-corrected chi connectivity index (χ4v) is 6.23. The Morgan fingerprint density at radius 3 is 2.42 bits per heavy atom. The Morgan fingerprint density at radius 2 is 1.88 bits per heavy atom. The predicted octanol–water partition coefficient (Wildman–Crippen LogP) is -1.34. The SMILES string of the molecule is C[C@]1(/C=N/NC(=O)C2(NC(=O)c3ccc(O)c(O)c3)CC2)[C@H](C(=O)O)N2C(=O)C[C@H]2S1(=O)=O.